The molecule has 3 heteroatoms. The van der Waals surface area contributed by atoms with E-state index in [4.69, 9.17) is 0 Å². The minimum Gasteiger partial charge on any atom is -0.508 e. The highest BCUT2D eigenvalue weighted by atomic mass is 16.3. The summed E-state index contributed by atoms with van der Waals surface area (Å²) in [6.07, 6.45) is 1.82. The zero-order valence-corrected chi connectivity index (χ0v) is 10.7. The van der Waals surface area contributed by atoms with Gasteiger partial charge in [0, 0.05) is 28.0 Å². The highest BCUT2D eigenvalue weighted by Gasteiger charge is 2.10. The quantitative estimate of drug-likeness (QED) is 0.541. The van der Waals surface area contributed by atoms with Crippen molar-refractivity contribution >= 4 is 21.8 Å². The number of nitrogens with one attached hydrogen (secondary N) is 1. The molecule has 20 heavy (non-hydrogen) atoms. The Morgan fingerprint density at radius 3 is 2.50 bits per heavy atom. The van der Waals surface area contributed by atoms with Crippen LogP contribution in [-0.4, -0.2) is 15.1 Å². The van der Waals surface area contributed by atoms with Crippen molar-refractivity contribution in [3.8, 4) is 17.0 Å². The Hall–Kier alpha value is -2.81. The van der Waals surface area contributed by atoms with Crippen molar-refractivity contribution in [2.75, 3.05) is 0 Å². The van der Waals surface area contributed by atoms with E-state index in [1.807, 2.05) is 36.5 Å². The molecule has 0 radical (unpaired) electrons. The second kappa shape index (κ2) is 4.10. The fourth-order valence-corrected chi connectivity index (χ4v) is 2.61. The summed E-state index contributed by atoms with van der Waals surface area (Å²) in [5.74, 6) is 0.262. The van der Waals surface area contributed by atoms with Gasteiger partial charge < -0.3 is 10.1 Å². The second-order valence-corrected chi connectivity index (χ2v) is 4.80. The molecule has 0 aliphatic carbocycles. The van der Waals surface area contributed by atoms with E-state index in [0.29, 0.717) is 0 Å². The number of aromatic hydroxyl groups is 1. The number of phenolic OH excluding ortho intramolecular Hbond substituents is 1. The van der Waals surface area contributed by atoms with Crippen LogP contribution < -0.4 is 0 Å². The van der Waals surface area contributed by atoms with E-state index in [9.17, 15) is 5.11 Å². The number of nitrogens with zero attached hydrogens (tertiary/aromatic N) is 1. The number of para-hydroxylation sites is 1. The SMILES string of the molecule is Oc1ccc(-c2nccc3c2[nH]c2ccccc23)cc1. The van der Waals surface area contributed by atoms with Crippen LogP contribution in [-0.2, 0) is 0 Å². The Kier molecular flexibility index (Phi) is 2.27. The predicted octanol–water partition coefficient (Wildman–Crippen LogP) is 4.09. The van der Waals surface area contributed by atoms with Crippen LogP contribution in [0, 0.1) is 0 Å². The second-order valence-electron chi connectivity index (χ2n) is 4.80. The Labute approximate surface area is 115 Å². The zero-order valence-electron chi connectivity index (χ0n) is 10.7. The molecule has 3 nitrogen and oxygen atoms in total. The minimum absolute atomic E-state index is 0.262. The molecule has 2 aromatic heterocycles. The first kappa shape index (κ1) is 11.1. The molecule has 0 saturated carbocycles. The fraction of sp³-hybridized carbons (Fsp3) is 0. The molecule has 0 atom stereocenters. The lowest BCUT2D eigenvalue weighted by Gasteiger charge is -2.02. The summed E-state index contributed by atoms with van der Waals surface area (Å²) in [4.78, 5) is 7.92. The Morgan fingerprint density at radius 1 is 0.850 bits per heavy atom. The van der Waals surface area contributed by atoms with E-state index in [1.54, 1.807) is 12.1 Å². The van der Waals surface area contributed by atoms with Crippen LogP contribution in [0.2, 0.25) is 0 Å². The largest absolute Gasteiger partial charge is 0.508 e. The standard InChI is InChI=1S/C17H12N2O/c20-12-7-5-11(6-8-12)16-17-14(9-10-18-16)13-3-1-2-4-15(13)19-17/h1-10,19-20H. The maximum atomic E-state index is 9.40. The number of H-pyrrole nitrogens is 1. The number of aromatic nitrogens is 2. The van der Waals surface area contributed by atoms with Gasteiger partial charge in [0.1, 0.15) is 5.75 Å². The molecule has 0 unspecified atom stereocenters. The molecule has 0 bridgehead atoms. The van der Waals surface area contributed by atoms with Gasteiger partial charge in [-0.05, 0) is 36.4 Å². The summed E-state index contributed by atoms with van der Waals surface area (Å²) < 4.78 is 0. The summed E-state index contributed by atoms with van der Waals surface area (Å²) in [5.41, 5.74) is 4.02. The highest BCUT2D eigenvalue weighted by molar-refractivity contribution is 6.10. The Morgan fingerprint density at radius 2 is 1.65 bits per heavy atom. The van der Waals surface area contributed by atoms with Crippen molar-refractivity contribution in [2.45, 2.75) is 0 Å². The predicted molar refractivity (Wildman–Crippen MR) is 80.7 cm³/mol. The number of hydrogen-bond donors (Lipinski definition) is 2. The molecule has 2 aromatic carbocycles. The molecular formula is C17H12N2O. The third-order valence-electron chi connectivity index (χ3n) is 3.57. The average molecular weight is 260 g/mol. The van der Waals surface area contributed by atoms with E-state index in [-0.39, 0.29) is 5.75 Å². The van der Waals surface area contributed by atoms with Gasteiger partial charge in [0.05, 0.1) is 11.2 Å². The van der Waals surface area contributed by atoms with E-state index in [2.05, 4.69) is 22.1 Å². The van der Waals surface area contributed by atoms with Crippen LogP contribution in [0.1, 0.15) is 0 Å². The Balaban J connectivity index is 2.07. The summed E-state index contributed by atoms with van der Waals surface area (Å²) in [6.45, 7) is 0. The fourth-order valence-electron chi connectivity index (χ4n) is 2.61. The van der Waals surface area contributed by atoms with Crippen LogP contribution in [0.25, 0.3) is 33.1 Å². The van der Waals surface area contributed by atoms with Gasteiger partial charge in [-0.2, -0.15) is 0 Å². The first-order valence-corrected chi connectivity index (χ1v) is 6.48. The van der Waals surface area contributed by atoms with Gasteiger partial charge in [-0.15, -0.1) is 0 Å². The first-order valence-electron chi connectivity index (χ1n) is 6.48. The molecule has 0 amide bonds. The van der Waals surface area contributed by atoms with Crippen LogP contribution >= 0.6 is 0 Å². The molecule has 4 rings (SSSR count). The smallest absolute Gasteiger partial charge is 0.115 e. The third-order valence-corrected chi connectivity index (χ3v) is 3.57. The number of benzene rings is 2. The molecule has 0 saturated heterocycles. The number of rotatable bonds is 1. The summed E-state index contributed by atoms with van der Waals surface area (Å²) in [7, 11) is 0. The number of pyridine rings is 1. The van der Waals surface area contributed by atoms with Gasteiger partial charge in [-0.3, -0.25) is 4.98 Å². The van der Waals surface area contributed by atoms with Crippen molar-refractivity contribution in [3.05, 3.63) is 60.8 Å². The lowest BCUT2D eigenvalue weighted by atomic mass is 10.1. The van der Waals surface area contributed by atoms with E-state index < -0.39 is 0 Å². The van der Waals surface area contributed by atoms with Crippen molar-refractivity contribution in [1.82, 2.24) is 9.97 Å². The van der Waals surface area contributed by atoms with Crippen molar-refractivity contribution < 1.29 is 5.11 Å². The maximum absolute atomic E-state index is 9.40. The third kappa shape index (κ3) is 1.57. The molecule has 2 N–H and O–H groups in total. The van der Waals surface area contributed by atoms with Crippen LogP contribution in [0.5, 0.6) is 5.75 Å². The number of phenols is 1. The average Bonchev–Trinajstić information content (AvgIpc) is 2.87. The van der Waals surface area contributed by atoms with Gasteiger partial charge in [0.2, 0.25) is 0 Å². The van der Waals surface area contributed by atoms with Crippen molar-refractivity contribution in [3.63, 3.8) is 0 Å². The number of aromatic amines is 1. The lowest BCUT2D eigenvalue weighted by molar-refractivity contribution is 0.475. The topological polar surface area (TPSA) is 48.9 Å². The van der Waals surface area contributed by atoms with Crippen LogP contribution in [0.15, 0.2) is 60.8 Å². The molecule has 96 valence electrons. The monoisotopic (exact) mass is 260 g/mol. The summed E-state index contributed by atoms with van der Waals surface area (Å²) >= 11 is 0. The lowest BCUT2D eigenvalue weighted by Crippen LogP contribution is -1.84. The Bertz CT molecular complexity index is 907. The number of fused-ring (bicyclic) bond motifs is 3. The molecule has 0 aliphatic rings. The molecule has 0 spiro atoms. The van der Waals surface area contributed by atoms with Gasteiger partial charge >= 0.3 is 0 Å². The van der Waals surface area contributed by atoms with Crippen LogP contribution in [0.4, 0.5) is 0 Å². The van der Waals surface area contributed by atoms with Gasteiger partial charge in [-0.1, -0.05) is 18.2 Å². The maximum Gasteiger partial charge on any atom is 0.115 e. The van der Waals surface area contributed by atoms with Gasteiger partial charge in [-0.25, -0.2) is 0 Å². The molecule has 4 aromatic rings. The summed E-state index contributed by atoms with van der Waals surface area (Å²) in [6, 6.07) is 17.4. The normalized spacial score (nSPS) is 11.2. The molecule has 0 aliphatic heterocycles. The molecule has 2 heterocycles. The van der Waals surface area contributed by atoms with Crippen molar-refractivity contribution in [2.24, 2.45) is 0 Å². The first-order chi connectivity index (χ1) is 9.83. The molecular weight excluding hydrogens is 248 g/mol. The zero-order chi connectivity index (χ0) is 13.5. The van der Waals surface area contributed by atoms with Crippen molar-refractivity contribution in [1.29, 1.82) is 0 Å². The summed E-state index contributed by atoms with van der Waals surface area (Å²) in [5, 5.41) is 11.8. The van der Waals surface area contributed by atoms with E-state index in [0.717, 1.165) is 22.3 Å². The van der Waals surface area contributed by atoms with Crippen LogP contribution in [0.3, 0.4) is 0 Å². The van der Waals surface area contributed by atoms with E-state index in [1.165, 1.54) is 10.8 Å². The highest BCUT2D eigenvalue weighted by Crippen LogP contribution is 2.31. The minimum atomic E-state index is 0.262. The van der Waals surface area contributed by atoms with E-state index >= 15 is 0 Å². The van der Waals surface area contributed by atoms with Gasteiger partial charge in [0.15, 0.2) is 0 Å². The molecule has 0 fully saturated rings. The number of hydrogen-bond acceptors (Lipinski definition) is 2. The van der Waals surface area contributed by atoms with Gasteiger partial charge in [0.25, 0.3) is 0 Å².